The summed E-state index contributed by atoms with van der Waals surface area (Å²) >= 11 is 6.09. The van der Waals surface area contributed by atoms with E-state index >= 15 is 0 Å². The van der Waals surface area contributed by atoms with E-state index in [1.165, 1.54) is 0 Å². The quantitative estimate of drug-likeness (QED) is 0.145. The first-order valence-electron chi connectivity index (χ1n) is 11.8. The Morgan fingerprint density at radius 1 is 0.538 bits per heavy atom. The van der Waals surface area contributed by atoms with Gasteiger partial charge in [-0.1, -0.05) is 0 Å². The maximum Gasteiger partial charge on any atom is 0 e. The molecule has 0 unspecified atom stereocenters. The van der Waals surface area contributed by atoms with Gasteiger partial charge in [0.2, 0.25) is 0 Å². The van der Waals surface area contributed by atoms with E-state index in [0.717, 1.165) is 42.9 Å². The minimum atomic E-state index is 0. The van der Waals surface area contributed by atoms with Gasteiger partial charge in [-0.15, -0.1) is 0 Å². The van der Waals surface area contributed by atoms with Crippen LogP contribution in [0.2, 0.25) is 0 Å². The number of hydrogen-bond donors (Lipinski definition) is 0. The summed E-state index contributed by atoms with van der Waals surface area (Å²) < 4.78 is 12.6. The predicted molar refractivity (Wildman–Crippen MR) is 163 cm³/mol. The van der Waals surface area contributed by atoms with Crippen LogP contribution in [0.15, 0.2) is 131 Å². The smallest absolute Gasteiger partial charge is 0 e. The molecule has 0 aliphatic rings. The molecule has 0 saturated heterocycles. The molecule has 7 heteroatoms. The summed E-state index contributed by atoms with van der Waals surface area (Å²) in [5.41, 5.74) is 3.94. The minimum absolute atomic E-state index is 0. The fourth-order valence-electron chi connectivity index (χ4n) is 3.24. The first kappa shape index (κ1) is 32.0. The van der Waals surface area contributed by atoms with Crippen LogP contribution in [0.5, 0.6) is 11.5 Å². The molecule has 4 aromatic carbocycles. The first-order valence-corrected chi connectivity index (χ1v) is 13.5. The summed E-state index contributed by atoms with van der Waals surface area (Å²) in [4.78, 5) is 8.79. The average molecular weight is 689 g/mol. The Labute approximate surface area is 257 Å². The molecule has 0 bridgehead atoms. The summed E-state index contributed by atoms with van der Waals surface area (Å²) in [6, 6.07) is 35.6. The molecule has 200 valence electrons. The zero-order chi connectivity index (χ0) is 27.0. The van der Waals surface area contributed by atoms with E-state index in [0.29, 0.717) is 0 Å². The van der Waals surface area contributed by atoms with E-state index in [1.807, 2.05) is 97.1 Å². The number of benzene rings is 4. The average Bonchev–Trinajstić information content (AvgIpc) is 2.98. The molecule has 0 aliphatic heterocycles. The van der Waals surface area contributed by atoms with Gasteiger partial charge in [-0.3, -0.25) is 0 Å². The van der Waals surface area contributed by atoms with Crippen LogP contribution < -0.4 is 9.47 Å². The van der Waals surface area contributed by atoms with Crippen molar-refractivity contribution in [3.05, 3.63) is 132 Å². The van der Waals surface area contributed by atoms with E-state index in [2.05, 4.69) is 66.3 Å². The van der Waals surface area contributed by atoms with Crippen molar-refractivity contribution in [2.75, 3.05) is 14.2 Å². The van der Waals surface area contributed by atoms with Crippen LogP contribution >= 0.6 is 0 Å². The SMILES string of the molecule is COc1ccccc1N=C/C=C(\[Se])c1ccccc1.COc1ccccc1N=C/C=C(\[Se])c1ccccc1.[Ni]. The zero-order valence-corrected chi connectivity index (χ0v) is 26.0. The molecule has 0 aromatic heterocycles. The van der Waals surface area contributed by atoms with Crippen LogP contribution in [-0.4, -0.2) is 58.7 Å². The molecule has 4 rings (SSSR count). The van der Waals surface area contributed by atoms with Crippen molar-refractivity contribution >= 4 is 64.8 Å². The van der Waals surface area contributed by atoms with Gasteiger partial charge in [-0.2, -0.15) is 0 Å². The second kappa shape index (κ2) is 18.2. The second-order valence-corrected chi connectivity index (χ2v) is 9.54. The van der Waals surface area contributed by atoms with Crippen LogP contribution in [0.25, 0.3) is 8.94 Å². The van der Waals surface area contributed by atoms with Gasteiger partial charge in [-0.05, 0) is 0 Å². The van der Waals surface area contributed by atoms with Crippen molar-refractivity contribution in [1.82, 2.24) is 0 Å². The molecule has 0 fully saturated rings. The van der Waals surface area contributed by atoms with Gasteiger partial charge >= 0.3 is 242 Å². The van der Waals surface area contributed by atoms with Crippen molar-refractivity contribution in [2.45, 2.75) is 0 Å². The fraction of sp³-hybridized carbons (Fsp3) is 0.0625. The van der Waals surface area contributed by atoms with Crippen LogP contribution in [-0.2, 0) is 16.5 Å². The molecule has 0 spiro atoms. The topological polar surface area (TPSA) is 43.2 Å². The van der Waals surface area contributed by atoms with Crippen molar-refractivity contribution in [3.8, 4) is 11.5 Å². The minimum Gasteiger partial charge on any atom is 0 e. The van der Waals surface area contributed by atoms with Gasteiger partial charge < -0.3 is 0 Å². The summed E-state index contributed by atoms with van der Waals surface area (Å²) in [5.74, 6) is 1.54. The van der Waals surface area contributed by atoms with Crippen LogP contribution in [0.1, 0.15) is 11.1 Å². The Morgan fingerprint density at radius 3 is 1.23 bits per heavy atom. The fourth-order valence-corrected chi connectivity index (χ4v) is 4.07. The summed E-state index contributed by atoms with van der Waals surface area (Å²) in [6.45, 7) is 0. The Bertz CT molecular complexity index is 1300. The van der Waals surface area contributed by atoms with Crippen LogP contribution in [0.4, 0.5) is 11.4 Å². The second-order valence-electron chi connectivity index (χ2n) is 7.69. The first-order chi connectivity index (χ1) is 18.6. The molecule has 0 atom stereocenters. The maximum atomic E-state index is 5.25. The van der Waals surface area contributed by atoms with Crippen LogP contribution in [0, 0.1) is 0 Å². The number of allylic oxidation sites excluding steroid dienone is 2. The van der Waals surface area contributed by atoms with Gasteiger partial charge in [0.25, 0.3) is 0 Å². The molecule has 0 aliphatic carbocycles. The molecule has 39 heavy (non-hydrogen) atoms. The van der Waals surface area contributed by atoms with E-state index in [1.54, 1.807) is 26.6 Å². The van der Waals surface area contributed by atoms with Gasteiger partial charge in [-0.25, -0.2) is 0 Å². The molecule has 4 aromatic rings. The van der Waals surface area contributed by atoms with Gasteiger partial charge in [0, 0.05) is 16.5 Å². The molecule has 0 amide bonds. The molecule has 4 nitrogen and oxygen atoms in total. The predicted octanol–water partition coefficient (Wildman–Crippen LogP) is 7.21. The number of hydrogen-bond acceptors (Lipinski definition) is 4. The van der Waals surface area contributed by atoms with Gasteiger partial charge in [0.05, 0.1) is 0 Å². The molecular weight excluding hydrogens is 661 g/mol. The van der Waals surface area contributed by atoms with Gasteiger partial charge in [0.1, 0.15) is 0 Å². The molecule has 0 N–H and O–H groups in total. The van der Waals surface area contributed by atoms with Gasteiger partial charge in [0.15, 0.2) is 0 Å². The normalized spacial score (nSPS) is 11.4. The summed E-state index contributed by atoms with van der Waals surface area (Å²) in [7, 11) is 3.29. The number of para-hydroxylation sites is 4. The monoisotopic (exact) mass is 690 g/mol. The number of methoxy groups -OCH3 is 2. The largest absolute Gasteiger partial charge is 0 e. The molecule has 2 radical (unpaired) electrons. The zero-order valence-electron chi connectivity index (χ0n) is 21.5. The standard InChI is InChI=1S/2C16H14NOSe.Ni/c2*1-18-15-10-6-5-9-14(15)17-12-11-16(19)13-7-3-2-4-8-13;/h2*2-12H,1H3;/b2*16-11-,17-12?;. The Balaban J connectivity index is 0.000000267. The Hall–Kier alpha value is -3.17. The molecule has 0 saturated carbocycles. The van der Waals surface area contributed by atoms with Crippen molar-refractivity contribution < 1.29 is 26.0 Å². The third-order valence-corrected chi connectivity index (χ3v) is 6.73. The van der Waals surface area contributed by atoms with Crippen molar-refractivity contribution in [2.24, 2.45) is 9.98 Å². The van der Waals surface area contributed by atoms with E-state index < -0.39 is 0 Å². The summed E-state index contributed by atoms with van der Waals surface area (Å²) in [6.07, 6.45) is 7.44. The third kappa shape index (κ3) is 10.8. The van der Waals surface area contributed by atoms with E-state index in [9.17, 15) is 0 Å². The van der Waals surface area contributed by atoms with Crippen molar-refractivity contribution in [1.29, 1.82) is 0 Å². The summed E-state index contributed by atoms with van der Waals surface area (Å²) in [5, 5.41) is 0. The van der Waals surface area contributed by atoms with E-state index in [4.69, 9.17) is 9.47 Å². The van der Waals surface area contributed by atoms with Crippen LogP contribution in [0.3, 0.4) is 0 Å². The number of ether oxygens (including phenoxy) is 2. The van der Waals surface area contributed by atoms with Crippen molar-refractivity contribution in [3.63, 3.8) is 0 Å². The van der Waals surface area contributed by atoms with E-state index in [-0.39, 0.29) is 16.5 Å². The Morgan fingerprint density at radius 2 is 0.872 bits per heavy atom. The molecule has 0 heterocycles. The number of aliphatic imine (C=N–C) groups is 2. The number of nitrogens with zero attached hydrogens (tertiary/aromatic N) is 2. The Kier molecular flexibility index (Phi) is 14.9. The maximum absolute atomic E-state index is 5.25. The third-order valence-electron chi connectivity index (χ3n) is 5.17. The number of rotatable bonds is 8. The molecular formula is C32H28N2NiO2Se2.